The van der Waals surface area contributed by atoms with Gasteiger partial charge >= 0.3 is 6.18 Å². The molecule has 12 heteroatoms. The van der Waals surface area contributed by atoms with Gasteiger partial charge in [0.15, 0.2) is 5.11 Å². The third kappa shape index (κ3) is 9.65. The molecule has 3 N–H and O–H groups in total. The summed E-state index contributed by atoms with van der Waals surface area (Å²) in [5, 5.41) is 12.4. The van der Waals surface area contributed by atoms with Crippen molar-refractivity contribution >= 4 is 23.1 Å². The molecule has 0 unspecified atom stereocenters. The minimum atomic E-state index is -4.53. The van der Waals surface area contributed by atoms with Gasteiger partial charge in [0.1, 0.15) is 5.78 Å². The van der Waals surface area contributed by atoms with Gasteiger partial charge in [0.05, 0.1) is 23.5 Å². The Balaban J connectivity index is 1.80. The number of thiocarbonyl (C=S) groups is 1. The first kappa shape index (κ1) is 32.7. The first-order valence-electron chi connectivity index (χ1n) is 13.5. The van der Waals surface area contributed by atoms with Gasteiger partial charge in [-0.05, 0) is 68.6 Å². The minimum absolute atomic E-state index is 0.0706. The van der Waals surface area contributed by atoms with Gasteiger partial charge in [0.2, 0.25) is 0 Å². The average Bonchev–Trinajstić information content (AvgIpc) is 3.38. The molecule has 1 aromatic heterocycles. The van der Waals surface area contributed by atoms with E-state index in [0.29, 0.717) is 37.3 Å². The molecule has 0 aliphatic carbocycles. The number of Topliss-reactive ketones (excluding diaryl/α,β-unsaturated/α-hetero) is 1. The first-order valence-corrected chi connectivity index (χ1v) is 14.0. The summed E-state index contributed by atoms with van der Waals surface area (Å²) >= 11 is 5.62. The lowest BCUT2D eigenvalue weighted by atomic mass is 9.95. The number of aromatic nitrogens is 2. The molecule has 224 valence electrons. The highest BCUT2D eigenvalue weighted by Crippen LogP contribution is 2.32. The van der Waals surface area contributed by atoms with Gasteiger partial charge in [0.25, 0.3) is 0 Å². The Morgan fingerprint density at radius 1 is 1.19 bits per heavy atom. The normalized spacial score (nSPS) is 12.1. The van der Waals surface area contributed by atoms with Crippen LogP contribution in [-0.4, -0.2) is 70.5 Å². The number of alkyl halides is 3. The Morgan fingerprint density at radius 2 is 1.90 bits per heavy atom. The zero-order valence-electron chi connectivity index (χ0n) is 23.8. The van der Waals surface area contributed by atoms with Crippen LogP contribution in [0, 0.1) is 17.2 Å². The summed E-state index contributed by atoms with van der Waals surface area (Å²) in [6.07, 6.45) is -0.828. The molecule has 0 bridgehead atoms. The Kier molecular flexibility index (Phi) is 12.0. The standard InChI is InChI=1S/C30H36F3N7OS/c1-38(2)14-13-37-29(42)39(19-24-5-3-4-6-27(24)30(31,32)33)20-25(11-12-34)28(41)15-26-17-36-21-40(26)18-23-9-7-22(16-35)8-10-23/h3-10,17,21,25H,11-15,18-20,34H2,1-2H3,(H,37,42)/t25-/m0/s1. The molecule has 0 saturated carbocycles. The number of carbonyl (C=O) groups excluding carboxylic acids is 1. The summed E-state index contributed by atoms with van der Waals surface area (Å²) in [7, 11) is 3.81. The lowest BCUT2D eigenvalue weighted by Gasteiger charge is -2.31. The van der Waals surface area contributed by atoms with Gasteiger partial charge < -0.3 is 25.4 Å². The van der Waals surface area contributed by atoms with Crippen molar-refractivity contribution in [3.63, 3.8) is 0 Å². The second-order valence-corrected chi connectivity index (χ2v) is 10.7. The zero-order chi connectivity index (χ0) is 30.7. The van der Waals surface area contributed by atoms with E-state index in [0.717, 1.165) is 11.6 Å². The van der Waals surface area contributed by atoms with E-state index in [1.807, 2.05) is 35.7 Å². The molecule has 3 aromatic rings. The van der Waals surface area contributed by atoms with Crippen LogP contribution in [0.3, 0.4) is 0 Å². The van der Waals surface area contributed by atoms with Crippen molar-refractivity contribution in [3.05, 3.63) is 89.0 Å². The molecular formula is C30H36F3N7OS. The highest BCUT2D eigenvalue weighted by atomic mass is 32.1. The van der Waals surface area contributed by atoms with Gasteiger partial charge in [0, 0.05) is 57.0 Å². The Bertz CT molecular complexity index is 1370. The van der Waals surface area contributed by atoms with Gasteiger partial charge in [-0.2, -0.15) is 18.4 Å². The van der Waals surface area contributed by atoms with Gasteiger partial charge in [-0.3, -0.25) is 4.79 Å². The number of hydrogen-bond donors (Lipinski definition) is 2. The fraction of sp³-hybridized carbons (Fsp3) is 0.400. The summed E-state index contributed by atoms with van der Waals surface area (Å²) < 4.78 is 43.2. The lowest BCUT2D eigenvalue weighted by molar-refractivity contribution is -0.138. The smallest absolute Gasteiger partial charge is 0.361 e. The molecule has 2 aromatic carbocycles. The van der Waals surface area contributed by atoms with Crippen LogP contribution in [-0.2, 0) is 30.5 Å². The van der Waals surface area contributed by atoms with Crippen LogP contribution in [0.4, 0.5) is 13.2 Å². The van der Waals surface area contributed by atoms with Gasteiger partial charge in [-0.1, -0.05) is 30.3 Å². The molecule has 0 saturated heterocycles. The molecule has 0 radical (unpaired) electrons. The number of benzene rings is 2. The van der Waals surface area contributed by atoms with Crippen molar-refractivity contribution in [3.8, 4) is 6.07 Å². The monoisotopic (exact) mass is 599 g/mol. The van der Waals surface area contributed by atoms with Crippen LogP contribution in [0.5, 0.6) is 0 Å². The Morgan fingerprint density at radius 3 is 2.55 bits per heavy atom. The van der Waals surface area contributed by atoms with Crippen molar-refractivity contribution in [2.24, 2.45) is 11.7 Å². The number of ketones is 1. The van der Waals surface area contributed by atoms with Crippen molar-refractivity contribution in [1.82, 2.24) is 24.7 Å². The van der Waals surface area contributed by atoms with Gasteiger partial charge in [-0.15, -0.1) is 0 Å². The van der Waals surface area contributed by atoms with E-state index in [1.54, 1.807) is 35.6 Å². The van der Waals surface area contributed by atoms with Crippen molar-refractivity contribution < 1.29 is 18.0 Å². The summed E-state index contributed by atoms with van der Waals surface area (Å²) in [4.78, 5) is 21.4. The quantitative estimate of drug-likeness (QED) is 0.270. The average molecular weight is 600 g/mol. The fourth-order valence-corrected chi connectivity index (χ4v) is 4.76. The van der Waals surface area contributed by atoms with E-state index in [-0.39, 0.29) is 42.5 Å². The third-order valence-corrected chi connectivity index (χ3v) is 7.21. The fourth-order valence-electron chi connectivity index (χ4n) is 4.52. The number of carbonyl (C=O) groups is 1. The molecule has 1 atom stereocenters. The molecule has 1 heterocycles. The van der Waals surface area contributed by atoms with Crippen LogP contribution >= 0.6 is 12.2 Å². The maximum absolute atomic E-state index is 13.8. The molecule has 8 nitrogen and oxygen atoms in total. The Hall–Kier alpha value is -3.79. The molecule has 0 amide bonds. The predicted octanol–water partition coefficient (Wildman–Crippen LogP) is 3.84. The number of nitrogens with one attached hydrogen (secondary N) is 1. The summed E-state index contributed by atoms with van der Waals surface area (Å²) in [6, 6.07) is 14.6. The highest BCUT2D eigenvalue weighted by Gasteiger charge is 2.34. The molecule has 42 heavy (non-hydrogen) atoms. The van der Waals surface area contributed by atoms with Crippen LogP contribution < -0.4 is 11.1 Å². The second kappa shape index (κ2) is 15.4. The number of hydrogen-bond acceptors (Lipinski definition) is 6. The van der Waals surface area contributed by atoms with Crippen LogP contribution in [0.15, 0.2) is 61.1 Å². The summed E-state index contributed by atoms with van der Waals surface area (Å²) in [5.74, 6) is -0.674. The molecule has 0 aliphatic heterocycles. The molecular weight excluding hydrogens is 563 g/mol. The number of nitriles is 1. The number of nitrogens with zero attached hydrogens (tertiary/aromatic N) is 5. The number of likely N-dealkylation sites (N-methyl/N-ethyl adjacent to an activating group) is 1. The van der Waals surface area contributed by atoms with E-state index >= 15 is 0 Å². The molecule has 0 fully saturated rings. The number of imidazole rings is 1. The maximum Gasteiger partial charge on any atom is 0.416 e. The SMILES string of the molecule is CN(C)CCNC(=S)N(Cc1ccccc1C(F)(F)F)C[C@H](CCN)C(=O)Cc1cncn1Cc1ccc(C#N)cc1. The van der Waals surface area contributed by atoms with Gasteiger partial charge in [-0.25, -0.2) is 4.98 Å². The van der Waals surface area contributed by atoms with E-state index in [2.05, 4.69) is 16.4 Å². The number of rotatable bonds is 14. The van der Waals surface area contributed by atoms with E-state index in [4.69, 9.17) is 23.2 Å². The number of halogens is 3. The van der Waals surface area contributed by atoms with E-state index < -0.39 is 17.7 Å². The van der Waals surface area contributed by atoms with Crippen molar-refractivity contribution in [2.75, 3.05) is 40.3 Å². The molecule has 0 aliphatic rings. The maximum atomic E-state index is 13.8. The molecule has 3 rings (SSSR count). The largest absolute Gasteiger partial charge is 0.416 e. The van der Waals surface area contributed by atoms with E-state index in [9.17, 15) is 18.0 Å². The minimum Gasteiger partial charge on any atom is -0.361 e. The van der Waals surface area contributed by atoms with Crippen LogP contribution in [0.1, 0.15) is 34.4 Å². The topological polar surface area (TPSA) is 103 Å². The summed E-state index contributed by atoms with van der Waals surface area (Å²) in [6.45, 7) is 1.86. The predicted molar refractivity (Wildman–Crippen MR) is 159 cm³/mol. The molecule has 0 spiro atoms. The third-order valence-electron chi connectivity index (χ3n) is 6.81. The zero-order valence-corrected chi connectivity index (χ0v) is 24.6. The van der Waals surface area contributed by atoms with Crippen LogP contribution in [0.25, 0.3) is 0 Å². The van der Waals surface area contributed by atoms with Crippen molar-refractivity contribution in [1.29, 1.82) is 5.26 Å². The Labute approximate surface area is 249 Å². The first-order chi connectivity index (χ1) is 20.0. The lowest BCUT2D eigenvalue weighted by Crippen LogP contribution is -2.45. The van der Waals surface area contributed by atoms with E-state index in [1.165, 1.54) is 12.1 Å². The summed E-state index contributed by atoms with van der Waals surface area (Å²) in [5.41, 5.74) is 7.42. The van der Waals surface area contributed by atoms with Crippen molar-refractivity contribution in [2.45, 2.75) is 32.1 Å². The van der Waals surface area contributed by atoms with Crippen LogP contribution in [0.2, 0.25) is 0 Å². The number of nitrogens with two attached hydrogens (primary N) is 1. The second-order valence-electron chi connectivity index (χ2n) is 10.3. The highest BCUT2D eigenvalue weighted by molar-refractivity contribution is 7.80.